The van der Waals surface area contributed by atoms with Crippen molar-refractivity contribution in [3.63, 3.8) is 0 Å². The normalized spacial score (nSPS) is 11.4. The maximum Gasteiger partial charge on any atom is 0.249 e. The van der Waals surface area contributed by atoms with Crippen LogP contribution in [-0.2, 0) is 6.54 Å². The first kappa shape index (κ1) is 87.0. The molecule has 632 valence electrons. The van der Waals surface area contributed by atoms with Gasteiger partial charge >= 0.3 is 0 Å². The van der Waals surface area contributed by atoms with Crippen LogP contribution in [0.3, 0.4) is 0 Å². The summed E-state index contributed by atoms with van der Waals surface area (Å²) in [6.45, 7) is 32.5. The second kappa shape index (κ2) is 39.1. The average Bonchev–Trinajstić information content (AvgIpc) is 1.71. The zero-order chi connectivity index (χ0) is 87.3. The van der Waals surface area contributed by atoms with Crippen LogP contribution in [0.25, 0.3) is 111 Å². The van der Waals surface area contributed by atoms with Crippen LogP contribution >= 0.6 is 11.6 Å². The van der Waals surface area contributed by atoms with Crippen LogP contribution in [0.5, 0.6) is 46.0 Å². The minimum Gasteiger partial charge on any atom is -0.491 e. The summed E-state index contributed by atoms with van der Waals surface area (Å²) < 4.78 is 53.1. The van der Waals surface area contributed by atoms with Crippen LogP contribution in [0.2, 0.25) is 5.02 Å². The molecule has 16 rings (SSSR count). The number of nitrogens with zero attached hydrogens (tertiary/aromatic N) is 12. The Kier molecular flexibility index (Phi) is 27.7. The molecule has 1 amide bonds. The smallest absolute Gasteiger partial charge is 0.249 e. The van der Waals surface area contributed by atoms with Gasteiger partial charge in [-0.15, -0.1) is 20.4 Å². The molecule has 0 aliphatic carbocycles. The zero-order valence-electron chi connectivity index (χ0n) is 72.1. The first-order valence-electron chi connectivity index (χ1n) is 41.2. The third kappa shape index (κ3) is 21.9. The van der Waals surface area contributed by atoms with E-state index in [4.69, 9.17) is 66.7 Å². The number of halogens is 1. The molecule has 6 N–H and O–H groups in total. The maximum atomic E-state index is 12.2. The Morgan fingerprint density at radius 3 is 0.813 bits per heavy atom. The van der Waals surface area contributed by atoms with E-state index >= 15 is 0 Å². The topological polar surface area (TPSA) is 292 Å². The molecule has 123 heavy (non-hydrogen) atoms. The van der Waals surface area contributed by atoms with Crippen LogP contribution in [0, 0.1) is 0 Å². The Balaban J connectivity index is 0.000000141. The Morgan fingerprint density at radius 1 is 0.301 bits per heavy atom. The molecule has 0 aliphatic rings. The number of amides is 1. The van der Waals surface area contributed by atoms with E-state index in [-0.39, 0.29) is 48.8 Å². The molecule has 12 aromatic carbocycles. The second-order valence-corrected chi connectivity index (χ2v) is 32.0. The van der Waals surface area contributed by atoms with Gasteiger partial charge in [-0.1, -0.05) is 81.0 Å². The lowest BCUT2D eigenvalue weighted by molar-refractivity contribution is 0.100. The van der Waals surface area contributed by atoms with Gasteiger partial charge in [-0.25, -0.2) is 18.7 Å². The Bertz CT molecular complexity index is 6040. The van der Waals surface area contributed by atoms with Crippen molar-refractivity contribution in [1.29, 1.82) is 0 Å². The van der Waals surface area contributed by atoms with Crippen LogP contribution in [0.1, 0.15) is 127 Å². The number of nitrogens with two attached hydrogens (primary N) is 3. The van der Waals surface area contributed by atoms with E-state index < -0.39 is 5.91 Å². The lowest BCUT2D eigenvalue weighted by Gasteiger charge is -2.13. The maximum absolute atomic E-state index is 12.2. The van der Waals surface area contributed by atoms with Crippen LogP contribution in [0.4, 0.5) is 5.69 Å². The summed E-state index contributed by atoms with van der Waals surface area (Å²) in [5.41, 5.74) is 37.6. The minimum atomic E-state index is -0.519. The summed E-state index contributed by atoms with van der Waals surface area (Å²) in [6.07, 6.45) is 0.975. The number of rotatable bonds is 26. The molecule has 0 bridgehead atoms. The van der Waals surface area contributed by atoms with Gasteiger partial charge in [0.05, 0.1) is 98.7 Å². The summed E-state index contributed by atoms with van der Waals surface area (Å²) in [5, 5.41) is 35.1. The van der Waals surface area contributed by atoms with Gasteiger partial charge in [0.2, 0.25) is 5.91 Å². The van der Waals surface area contributed by atoms with Crippen molar-refractivity contribution in [2.75, 3.05) is 5.73 Å². The van der Waals surface area contributed by atoms with Crippen molar-refractivity contribution in [3.8, 4) is 113 Å². The number of nitrogen functional groups attached to an aromatic ring is 1. The van der Waals surface area contributed by atoms with Gasteiger partial charge in [0.25, 0.3) is 0 Å². The molecule has 0 saturated carbocycles. The molecule has 0 aliphatic heterocycles. The van der Waals surface area contributed by atoms with E-state index in [2.05, 4.69) is 59.4 Å². The van der Waals surface area contributed by atoms with Crippen molar-refractivity contribution in [1.82, 2.24) is 60.0 Å². The van der Waals surface area contributed by atoms with Gasteiger partial charge in [-0.3, -0.25) is 4.79 Å². The van der Waals surface area contributed by atoms with Gasteiger partial charge in [0.15, 0.2) is 0 Å². The molecule has 4 aromatic heterocycles. The third-order valence-corrected chi connectivity index (χ3v) is 19.2. The minimum absolute atomic E-state index is 0.0798. The van der Waals surface area contributed by atoms with Crippen LogP contribution in [0.15, 0.2) is 243 Å². The number of hydrogen-bond donors (Lipinski definition) is 3. The lowest BCUT2D eigenvalue weighted by Crippen LogP contribution is -2.12. The summed E-state index contributed by atoms with van der Waals surface area (Å²) in [4.78, 5) is 12.2. The predicted octanol–water partition coefficient (Wildman–Crippen LogP) is 21.4. The molecule has 25 heteroatoms. The summed E-state index contributed by atoms with van der Waals surface area (Å²) >= 11 is 6.56. The number of carbonyl (C=O) groups is 1. The molecule has 4 heterocycles. The van der Waals surface area contributed by atoms with Gasteiger partial charge in [-0.05, 0) is 344 Å². The number of fused-ring (bicyclic) bond motifs is 4. The van der Waals surface area contributed by atoms with Gasteiger partial charge in [0, 0.05) is 28.9 Å². The molecule has 0 unspecified atom stereocenters. The monoisotopic (exact) mass is 1670 g/mol. The fourth-order valence-corrected chi connectivity index (χ4v) is 14.0. The van der Waals surface area contributed by atoms with Crippen LogP contribution < -0.4 is 55.1 Å². The summed E-state index contributed by atoms with van der Waals surface area (Å²) in [6, 6.07) is 78.2. The molecule has 24 nitrogen and oxygen atoms in total. The van der Waals surface area contributed by atoms with Crippen molar-refractivity contribution in [3.05, 3.63) is 259 Å². The lowest BCUT2D eigenvalue weighted by atomic mass is 9.98. The van der Waals surface area contributed by atoms with E-state index in [1.165, 1.54) is 0 Å². The fourth-order valence-electron chi connectivity index (χ4n) is 13.7. The SMILES string of the molecule is CC(C)Oc1ccc(-c2cc3c(cc2C(N)=O)nnn3-c2ccc(OC(C)C)cc2)cc1.CC(C)Oc1ccc(-c2cc3c(cc2CN)nnn3-c2ccc(OC(C)C)cc2)cc1.CC(C)Oc1ccc(-c2cc3c(cc2Cl)nnn3-c2ccc(OC(C)C)cc2)cc1.CC(C)Oc1ccc(-c2cc3c(cc2N)nnn3-c2ccc(OC(C)C)cc2)cc1. The summed E-state index contributed by atoms with van der Waals surface area (Å²) in [7, 11) is 0. The highest BCUT2D eigenvalue weighted by molar-refractivity contribution is 6.34. The zero-order valence-corrected chi connectivity index (χ0v) is 72.8. The highest BCUT2D eigenvalue weighted by Crippen LogP contribution is 2.38. The molecule has 0 fully saturated rings. The first-order valence-corrected chi connectivity index (χ1v) is 41.6. The molecule has 0 atom stereocenters. The van der Waals surface area contributed by atoms with Gasteiger partial charge in [0.1, 0.15) is 68.1 Å². The number of benzene rings is 12. The molecular weight excluding hydrogens is 1570 g/mol. The van der Waals surface area contributed by atoms with Crippen molar-refractivity contribution in [2.24, 2.45) is 11.5 Å². The van der Waals surface area contributed by atoms with E-state index in [1.807, 2.05) is 343 Å². The third-order valence-electron chi connectivity index (χ3n) is 18.9. The van der Waals surface area contributed by atoms with Crippen LogP contribution in [-0.4, -0.2) is 115 Å². The number of hydrogen-bond acceptors (Lipinski definition) is 19. The first-order chi connectivity index (χ1) is 59.1. The van der Waals surface area contributed by atoms with Crippen molar-refractivity contribution in [2.45, 2.75) is 166 Å². The molecular formula is C98H104ClN15O9. The number of primary amides is 1. The fraction of sp³-hybridized carbons (Fsp3) is 0.255. The molecule has 0 saturated heterocycles. The quantitative estimate of drug-likeness (QED) is 0.0424. The molecule has 0 radical (unpaired) electrons. The van der Waals surface area contributed by atoms with Crippen molar-refractivity contribution >= 4 is 67.3 Å². The largest absolute Gasteiger partial charge is 0.491 e. The summed E-state index contributed by atoms with van der Waals surface area (Å²) in [5.74, 6) is 6.04. The highest BCUT2D eigenvalue weighted by Gasteiger charge is 2.21. The average molecular weight is 1670 g/mol. The predicted molar refractivity (Wildman–Crippen MR) is 489 cm³/mol. The standard InChI is InChI=1S/C25H26N4O3.C25H28N4O2.C24H24ClN3O2.C24H26N4O2/c1-15(2)31-19-9-5-17(6-10-19)21-14-24-23(13-22(21)25(26)30)27-28-29(24)18-7-11-20(12-8-18)32-16(3)4;1-16(2)30-21-9-5-18(6-10-21)23-14-25-24(13-19(23)15-26)27-28-29(25)20-7-11-22(12-8-20)31-17(3)4;2*1-15(2)29-19-9-5-17(6-10-19)21-13-24-23(14-22(21)25)26-27-28(24)18-7-11-20(12-8-18)30-16(3)4/h5-16H,1-4H3,(H2,26,30);5-14,16-17H,15,26H2,1-4H3;5-16H,1-4H3;5-16H,25H2,1-4H3. The number of carbonyl (C=O) groups excluding carboxylic acids is 1. The Hall–Kier alpha value is -13.8. The van der Waals surface area contributed by atoms with E-state index in [9.17, 15) is 4.79 Å². The molecule has 0 spiro atoms. The number of aromatic nitrogens is 12. The van der Waals surface area contributed by atoms with Crippen molar-refractivity contribution < 1.29 is 42.7 Å². The van der Waals surface area contributed by atoms with E-state index in [0.717, 1.165) is 152 Å². The molecule has 16 aromatic rings. The Morgan fingerprint density at radius 2 is 0.528 bits per heavy atom. The number of anilines is 1. The highest BCUT2D eigenvalue weighted by atomic mass is 35.5. The second-order valence-electron chi connectivity index (χ2n) is 31.6. The Labute approximate surface area is 721 Å². The van der Waals surface area contributed by atoms with Gasteiger partial charge in [-0.2, -0.15) is 0 Å². The van der Waals surface area contributed by atoms with E-state index in [0.29, 0.717) is 33.9 Å². The van der Waals surface area contributed by atoms with Gasteiger partial charge < -0.3 is 55.1 Å². The van der Waals surface area contributed by atoms with E-state index in [1.54, 1.807) is 10.7 Å². The number of ether oxygens (including phenoxy) is 8.